The summed E-state index contributed by atoms with van der Waals surface area (Å²) >= 11 is 0. The quantitative estimate of drug-likeness (QED) is 0.168. The number of piperazine rings is 1. The van der Waals surface area contributed by atoms with E-state index in [2.05, 4.69) is 21.5 Å². The summed E-state index contributed by atoms with van der Waals surface area (Å²) in [4.78, 5) is 44.9. The summed E-state index contributed by atoms with van der Waals surface area (Å²) in [6.07, 6.45) is 3.80. The summed E-state index contributed by atoms with van der Waals surface area (Å²) in [5, 5.41) is 0. The monoisotopic (exact) mass is 556 g/mol. The van der Waals surface area contributed by atoms with E-state index in [1.807, 2.05) is 46.8 Å². The molecule has 3 aromatic rings. The van der Waals surface area contributed by atoms with Gasteiger partial charge < -0.3 is 9.80 Å². The average molecular weight is 557 g/mol. The molecule has 4 rings (SSSR count). The molecule has 1 aliphatic heterocycles. The van der Waals surface area contributed by atoms with Crippen LogP contribution in [0.25, 0.3) is 11.3 Å². The van der Waals surface area contributed by atoms with Gasteiger partial charge >= 0.3 is 0 Å². The summed E-state index contributed by atoms with van der Waals surface area (Å²) in [7, 11) is 1.70. The molecular formula is C32H37FN6O2. The van der Waals surface area contributed by atoms with E-state index in [4.69, 9.17) is 4.98 Å². The first-order valence-electron chi connectivity index (χ1n) is 13.7. The minimum Gasteiger partial charge on any atom is -0.350 e. The van der Waals surface area contributed by atoms with Crippen LogP contribution in [-0.4, -0.2) is 70.6 Å². The normalized spacial score (nSPS) is 15.7. The number of aliphatic imine (C=N–C) groups is 1. The van der Waals surface area contributed by atoms with Crippen molar-refractivity contribution in [3.8, 4) is 11.3 Å². The fourth-order valence-electron chi connectivity index (χ4n) is 5.40. The Hall–Kier alpha value is -4.40. The third kappa shape index (κ3) is 5.75. The summed E-state index contributed by atoms with van der Waals surface area (Å²) in [5.74, 6) is 0.481. The lowest BCUT2D eigenvalue weighted by Gasteiger charge is -2.41. The van der Waals surface area contributed by atoms with E-state index in [9.17, 15) is 9.59 Å². The maximum absolute atomic E-state index is 15.0. The molecule has 0 bridgehead atoms. The van der Waals surface area contributed by atoms with E-state index in [-0.39, 0.29) is 17.9 Å². The number of nitrogens with zero attached hydrogens (tertiary/aromatic N) is 6. The molecule has 1 aromatic carbocycles. The first-order chi connectivity index (χ1) is 19.6. The van der Waals surface area contributed by atoms with Gasteiger partial charge in [-0.25, -0.2) is 9.37 Å². The third-order valence-corrected chi connectivity index (χ3v) is 7.44. The number of hydrogen-bond acceptors (Lipinski definition) is 5. The first-order valence-corrected chi connectivity index (χ1v) is 13.7. The van der Waals surface area contributed by atoms with Crippen LogP contribution in [0.5, 0.6) is 0 Å². The van der Waals surface area contributed by atoms with E-state index in [1.54, 1.807) is 36.3 Å². The summed E-state index contributed by atoms with van der Waals surface area (Å²) in [6, 6.07) is 10.2. The first kappa shape index (κ1) is 29.6. The zero-order chi connectivity index (χ0) is 29.8. The van der Waals surface area contributed by atoms with Gasteiger partial charge in [0.15, 0.2) is 5.82 Å². The lowest BCUT2D eigenvalue weighted by Crippen LogP contribution is -2.55. The Balaban J connectivity index is 1.95. The van der Waals surface area contributed by atoms with Crippen LogP contribution in [0, 0.1) is 19.7 Å². The summed E-state index contributed by atoms with van der Waals surface area (Å²) in [6.45, 7) is 15.0. The van der Waals surface area contributed by atoms with Crippen LogP contribution in [0.15, 0.2) is 60.2 Å². The van der Waals surface area contributed by atoms with E-state index >= 15 is 4.39 Å². The molecule has 2 amide bonds. The number of carbonyl (C=O) groups excluding carboxylic acids is 2. The number of benzene rings is 1. The number of aryl methyl sites for hydroxylation is 2. The van der Waals surface area contributed by atoms with Crippen molar-refractivity contribution >= 4 is 29.7 Å². The molecule has 1 unspecified atom stereocenters. The van der Waals surface area contributed by atoms with Gasteiger partial charge in [-0.05, 0) is 68.2 Å². The van der Waals surface area contributed by atoms with E-state index in [0.717, 1.165) is 23.2 Å². The molecule has 41 heavy (non-hydrogen) atoms. The van der Waals surface area contributed by atoms with Crippen molar-refractivity contribution in [1.29, 1.82) is 0 Å². The number of hydrogen-bond donors (Lipinski definition) is 0. The number of aromatic nitrogens is 2. The van der Waals surface area contributed by atoms with E-state index < -0.39 is 5.82 Å². The Kier molecular flexibility index (Phi) is 8.95. The van der Waals surface area contributed by atoms with Gasteiger partial charge in [0.05, 0.1) is 22.6 Å². The second kappa shape index (κ2) is 12.4. The van der Waals surface area contributed by atoms with E-state index in [0.29, 0.717) is 53.8 Å². The second-order valence-corrected chi connectivity index (χ2v) is 10.6. The van der Waals surface area contributed by atoms with Crippen molar-refractivity contribution in [3.63, 3.8) is 0 Å². The highest BCUT2D eigenvalue weighted by Crippen LogP contribution is 2.37. The van der Waals surface area contributed by atoms with Crippen LogP contribution in [0.3, 0.4) is 0 Å². The number of anilines is 2. The molecule has 1 fully saturated rings. The lowest BCUT2D eigenvalue weighted by atomic mass is 10.0. The minimum absolute atomic E-state index is 0.0297. The Morgan fingerprint density at radius 1 is 1.20 bits per heavy atom. The third-order valence-electron chi connectivity index (χ3n) is 7.44. The number of amidine groups is 1. The van der Waals surface area contributed by atoms with Gasteiger partial charge in [0.25, 0.3) is 0 Å². The fraction of sp³-hybridized carbons (Fsp3) is 0.344. The predicted octanol–water partition coefficient (Wildman–Crippen LogP) is 5.41. The number of rotatable bonds is 7. The van der Waals surface area contributed by atoms with Crippen LogP contribution in [-0.2, 0) is 9.59 Å². The van der Waals surface area contributed by atoms with E-state index in [1.165, 1.54) is 17.0 Å². The van der Waals surface area contributed by atoms with Crippen LogP contribution < -0.4 is 4.90 Å². The van der Waals surface area contributed by atoms with Crippen molar-refractivity contribution < 1.29 is 14.0 Å². The Bertz CT molecular complexity index is 1500. The average Bonchev–Trinajstić information content (AvgIpc) is 2.96. The molecule has 1 atom stereocenters. The van der Waals surface area contributed by atoms with Gasteiger partial charge in [0, 0.05) is 44.5 Å². The molecule has 9 heteroatoms. The predicted molar refractivity (Wildman–Crippen MR) is 161 cm³/mol. The maximum Gasteiger partial charge on any atom is 0.246 e. The largest absolute Gasteiger partial charge is 0.350 e. The number of carbonyl (C=O) groups is 2. The van der Waals surface area contributed by atoms with Crippen molar-refractivity contribution in [1.82, 2.24) is 19.8 Å². The molecule has 0 radical (unpaired) electrons. The van der Waals surface area contributed by atoms with Gasteiger partial charge in [-0.1, -0.05) is 32.6 Å². The van der Waals surface area contributed by atoms with Crippen LogP contribution >= 0.6 is 0 Å². The molecule has 0 N–H and O–H groups in total. The molecule has 1 aliphatic rings. The molecule has 214 valence electrons. The lowest BCUT2D eigenvalue weighted by molar-refractivity contribution is -0.128. The van der Waals surface area contributed by atoms with Gasteiger partial charge in [-0.15, -0.1) is 0 Å². The highest BCUT2D eigenvalue weighted by Gasteiger charge is 2.32. The molecule has 0 aliphatic carbocycles. The number of halogens is 1. The standard InChI is InChI=1S/C32H37FN6O2/c1-8-27(41)37-15-16-38(23(6)18-37)31(34-7)25-17-22(5)29(24-11-9-10-12-26(24)33)36-32(25)39(19-40)30-21(4)13-14-35-28(30)20(2)3/h8-14,17,19-20,23H,1,15-16,18H2,2-7H3. The van der Waals surface area contributed by atoms with Crippen molar-refractivity contribution in [2.24, 2.45) is 4.99 Å². The van der Waals surface area contributed by atoms with Crippen LogP contribution in [0.4, 0.5) is 15.9 Å². The van der Waals surface area contributed by atoms with Crippen LogP contribution in [0.2, 0.25) is 0 Å². The number of amides is 2. The van der Waals surface area contributed by atoms with Gasteiger partial charge in [-0.3, -0.25) is 24.5 Å². The van der Waals surface area contributed by atoms with Gasteiger partial charge in [-0.2, -0.15) is 0 Å². The zero-order valence-corrected chi connectivity index (χ0v) is 24.6. The zero-order valence-electron chi connectivity index (χ0n) is 24.6. The maximum atomic E-state index is 15.0. The molecule has 2 aromatic heterocycles. The highest BCUT2D eigenvalue weighted by molar-refractivity contribution is 6.07. The smallest absolute Gasteiger partial charge is 0.246 e. The Morgan fingerprint density at radius 3 is 2.54 bits per heavy atom. The van der Waals surface area contributed by atoms with Crippen molar-refractivity contribution in [2.45, 2.75) is 46.6 Å². The fourth-order valence-corrected chi connectivity index (χ4v) is 5.40. The number of pyridine rings is 2. The molecule has 8 nitrogen and oxygen atoms in total. The molecule has 0 saturated carbocycles. The van der Waals surface area contributed by atoms with Gasteiger partial charge in [0.1, 0.15) is 11.7 Å². The molecule has 1 saturated heterocycles. The highest BCUT2D eigenvalue weighted by atomic mass is 19.1. The molecule has 0 spiro atoms. The van der Waals surface area contributed by atoms with Crippen LogP contribution in [0.1, 0.15) is 49.1 Å². The minimum atomic E-state index is -0.402. The van der Waals surface area contributed by atoms with Gasteiger partial charge in [0.2, 0.25) is 12.3 Å². The van der Waals surface area contributed by atoms with Crippen molar-refractivity contribution in [2.75, 3.05) is 31.6 Å². The second-order valence-electron chi connectivity index (χ2n) is 10.6. The topological polar surface area (TPSA) is 82.0 Å². The SMILES string of the molecule is C=CC(=O)N1CCN(C(=NC)c2cc(C)c(-c3ccccc3F)nc2N(C=O)c2c(C)ccnc2C(C)C)C(C)C1. The Morgan fingerprint density at radius 2 is 1.93 bits per heavy atom. The molecule has 3 heterocycles. The Labute approximate surface area is 241 Å². The summed E-state index contributed by atoms with van der Waals surface area (Å²) in [5.41, 5.74) is 4.39. The molecular weight excluding hydrogens is 519 g/mol. The summed E-state index contributed by atoms with van der Waals surface area (Å²) < 4.78 is 15.0. The van der Waals surface area contributed by atoms with Crippen molar-refractivity contribution in [3.05, 3.63) is 83.5 Å².